The first kappa shape index (κ1) is 20.9. The monoisotopic (exact) mass is 492 g/mol. The highest BCUT2D eigenvalue weighted by atomic mass is 32.2. The second-order valence-corrected chi connectivity index (χ2v) is 10.9. The maximum absolute atomic E-state index is 3.72. The smallest absolute Gasteiger partial charge is 0.0607 e. The fourth-order valence-electron chi connectivity index (χ4n) is 6.04. The first-order chi connectivity index (χ1) is 18.3. The normalized spacial score (nSPS) is 17.1. The molecule has 0 saturated heterocycles. The van der Waals surface area contributed by atoms with Gasteiger partial charge in [0.2, 0.25) is 0 Å². The van der Waals surface area contributed by atoms with Crippen molar-refractivity contribution in [2.75, 3.05) is 4.90 Å². The van der Waals surface area contributed by atoms with Crippen LogP contribution in [0.3, 0.4) is 0 Å². The molecule has 2 heterocycles. The Kier molecular flexibility index (Phi) is 4.61. The lowest BCUT2D eigenvalue weighted by atomic mass is 9.86. The number of benzene rings is 4. The first-order valence-electron chi connectivity index (χ1n) is 12.8. The summed E-state index contributed by atoms with van der Waals surface area (Å²) in [6.07, 6.45) is 12.4. The zero-order chi connectivity index (χ0) is 24.3. The third kappa shape index (κ3) is 3.21. The highest BCUT2D eigenvalue weighted by molar-refractivity contribution is 7.99. The van der Waals surface area contributed by atoms with Gasteiger partial charge in [0.15, 0.2) is 0 Å². The highest BCUT2D eigenvalue weighted by Gasteiger charge is 2.26. The number of H-pyrrole nitrogens is 1. The predicted molar refractivity (Wildman–Crippen MR) is 156 cm³/mol. The molecule has 3 aliphatic rings. The molecule has 4 aromatic carbocycles. The minimum absolute atomic E-state index is 0.453. The average Bonchev–Trinajstić information content (AvgIpc) is 3.35. The molecule has 1 aromatic heterocycles. The second kappa shape index (κ2) is 8.16. The third-order valence-electron chi connectivity index (χ3n) is 7.70. The molecule has 2 aliphatic carbocycles. The molecule has 0 radical (unpaired) electrons. The minimum Gasteiger partial charge on any atom is -0.355 e. The number of hydrogen-bond donors (Lipinski definition) is 1. The Balaban J connectivity index is 1.39. The number of aromatic nitrogens is 1. The maximum atomic E-state index is 3.72. The molecule has 0 spiro atoms. The molecule has 1 atom stereocenters. The largest absolute Gasteiger partial charge is 0.355 e. The molecule has 0 saturated carbocycles. The summed E-state index contributed by atoms with van der Waals surface area (Å²) in [5.41, 5.74) is 8.78. The van der Waals surface area contributed by atoms with E-state index in [2.05, 4.69) is 131 Å². The van der Waals surface area contributed by atoms with Crippen LogP contribution >= 0.6 is 11.8 Å². The Morgan fingerprint density at radius 1 is 0.784 bits per heavy atom. The first-order valence-corrected chi connectivity index (χ1v) is 13.6. The fraction of sp³-hybridized carbons (Fsp3) is 0.0588. The lowest BCUT2D eigenvalue weighted by molar-refractivity contribution is 0.862. The average molecular weight is 493 g/mol. The van der Waals surface area contributed by atoms with Crippen LogP contribution in [0.4, 0.5) is 17.1 Å². The van der Waals surface area contributed by atoms with E-state index in [0.717, 1.165) is 6.42 Å². The van der Waals surface area contributed by atoms with Crippen molar-refractivity contribution in [2.45, 2.75) is 16.2 Å². The Morgan fingerprint density at radius 2 is 1.65 bits per heavy atom. The summed E-state index contributed by atoms with van der Waals surface area (Å²) >= 11 is 1.85. The van der Waals surface area contributed by atoms with Gasteiger partial charge in [-0.1, -0.05) is 90.7 Å². The van der Waals surface area contributed by atoms with E-state index in [-0.39, 0.29) is 0 Å². The van der Waals surface area contributed by atoms with Crippen molar-refractivity contribution in [2.24, 2.45) is 5.92 Å². The molecule has 5 aromatic rings. The van der Waals surface area contributed by atoms with Crippen molar-refractivity contribution in [3.05, 3.63) is 126 Å². The van der Waals surface area contributed by atoms with Crippen LogP contribution in [0.15, 0.2) is 125 Å². The summed E-state index contributed by atoms with van der Waals surface area (Å²) in [5.74, 6) is 0.453. The molecular weight excluding hydrogens is 468 g/mol. The van der Waals surface area contributed by atoms with E-state index in [4.69, 9.17) is 0 Å². The van der Waals surface area contributed by atoms with Crippen LogP contribution in [0.2, 0.25) is 0 Å². The van der Waals surface area contributed by atoms with Crippen molar-refractivity contribution in [1.82, 2.24) is 4.98 Å². The zero-order valence-electron chi connectivity index (χ0n) is 20.2. The quantitative estimate of drug-likeness (QED) is 0.265. The number of aromatic amines is 1. The SMILES string of the molecule is C1=CC2=c3c([nH]c4cccc(-c5ccc6c(c5)N(c5ccccc5)c5ccccc5S6)c34)=CCC2C=C1. The number of fused-ring (bicyclic) bond motifs is 6. The van der Waals surface area contributed by atoms with Crippen LogP contribution < -0.4 is 15.5 Å². The van der Waals surface area contributed by atoms with Crippen molar-refractivity contribution in [3.8, 4) is 11.1 Å². The number of allylic oxidation sites excluding steroid dienone is 4. The van der Waals surface area contributed by atoms with Gasteiger partial charge in [0, 0.05) is 42.9 Å². The lowest BCUT2D eigenvalue weighted by Gasteiger charge is -2.33. The van der Waals surface area contributed by atoms with Gasteiger partial charge >= 0.3 is 0 Å². The molecule has 37 heavy (non-hydrogen) atoms. The van der Waals surface area contributed by atoms with E-state index in [9.17, 15) is 0 Å². The van der Waals surface area contributed by atoms with Crippen LogP contribution in [0, 0.1) is 5.92 Å². The summed E-state index contributed by atoms with van der Waals surface area (Å²) in [6.45, 7) is 0. The van der Waals surface area contributed by atoms with Crippen LogP contribution in [0.1, 0.15) is 6.42 Å². The number of hydrogen-bond acceptors (Lipinski definition) is 2. The fourth-order valence-corrected chi connectivity index (χ4v) is 7.08. The topological polar surface area (TPSA) is 19.0 Å². The van der Waals surface area contributed by atoms with E-state index in [1.165, 1.54) is 65.0 Å². The summed E-state index contributed by atoms with van der Waals surface area (Å²) in [6, 6.07) is 33.0. The van der Waals surface area contributed by atoms with Crippen molar-refractivity contribution >= 4 is 51.4 Å². The predicted octanol–water partition coefficient (Wildman–Crippen LogP) is 7.85. The van der Waals surface area contributed by atoms with Crippen molar-refractivity contribution in [1.29, 1.82) is 0 Å². The molecule has 176 valence electrons. The van der Waals surface area contributed by atoms with Crippen LogP contribution in [0.25, 0.3) is 33.7 Å². The van der Waals surface area contributed by atoms with E-state index in [1.54, 1.807) is 0 Å². The number of rotatable bonds is 2. The number of para-hydroxylation sites is 2. The van der Waals surface area contributed by atoms with Crippen molar-refractivity contribution < 1.29 is 0 Å². The standard InChI is InChI=1S/C34H24N2S/c1-2-10-24(11-3-1)36-29-15-6-7-16-31(29)37-32-20-18-23(21-30(32)36)26-13-8-14-27-34(26)33-25-12-5-4-9-22(25)17-19-28(33)35-27/h1-16,18-22,35H,17H2. The van der Waals surface area contributed by atoms with Gasteiger partial charge in [0.05, 0.1) is 11.4 Å². The van der Waals surface area contributed by atoms with E-state index in [1.807, 2.05) is 11.8 Å². The molecule has 8 rings (SSSR count). The van der Waals surface area contributed by atoms with Gasteiger partial charge in [0.1, 0.15) is 0 Å². The maximum Gasteiger partial charge on any atom is 0.0607 e. The van der Waals surface area contributed by atoms with Gasteiger partial charge in [-0.25, -0.2) is 0 Å². The second-order valence-electron chi connectivity index (χ2n) is 9.81. The van der Waals surface area contributed by atoms with E-state index < -0.39 is 0 Å². The molecule has 2 nitrogen and oxygen atoms in total. The van der Waals surface area contributed by atoms with Gasteiger partial charge in [0.25, 0.3) is 0 Å². The van der Waals surface area contributed by atoms with Gasteiger partial charge in [-0.3, -0.25) is 0 Å². The number of anilines is 3. The Labute approximate surface area is 220 Å². The molecule has 1 aliphatic heterocycles. The summed E-state index contributed by atoms with van der Waals surface area (Å²) < 4.78 is 0. The summed E-state index contributed by atoms with van der Waals surface area (Å²) in [7, 11) is 0. The van der Waals surface area contributed by atoms with Gasteiger partial charge < -0.3 is 9.88 Å². The molecule has 0 amide bonds. The lowest BCUT2D eigenvalue weighted by Crippen LogP contribution is -2.31. The molecular formula is C34H24N2S. The third-order valence-corrected chi connectivity index (χ3v) is 8.83. The van der Waals surface area contributed by atoms with Gasteiger partial charge in [-0.05, 0) is 65.6 Å². The Morgan fingerprint density at radius 3 is 2.59 bits per heavy atom. The zero-order valence-corrected chi connectivity index (χ0v) is 21.0. The Bertz CT molecular complexity index is 1890. The Hall–Kier alpha value is -4.21. The van der Waals surface area contributed by atoms with Crippen LogP contribution in [-0.4, -0.2) is 4.98 Å². The molecule has 1 N–H and O–H groups in total. The molecule has 0 fully saturated rings. The summed E-state index contributed by atoms with van der Waals surface area (Å²) in [4.78, 5) is 8.68. The number of nitrogens with one attached hydrogen (secondary N) is 1. The van der Waals surface area contributed by atoms with Gasteiger partial charge in [-0.2, -0.15) is 0 Å². The van der Waals surface area contributed by atoms with E-state index >= 15 is 0 Å². The van der Waals surface area contributed by atoms with Crippen molar-refractivity contribution in [3.63, 3.8) is 0 Å². The molecule has 0 bridgehead atoms. The van der Waals surface area contributed by atoms with Crippen LogP contribution in [0.5, 0.6) is 0 Å². The van der Waals surface area contributed by atoms with E-state index in [0.29, 0.717) is 5.92 Å². The summed E-state index contributed by atoms with van der Waals surface area (Å²) in [5, 5.41) is 3.94. The molecule has 1 unspecified atom stereocenters. The number of nitrogens with zero attached hydrogens (tertiary/aromatic N) is 1. The van der Waals surface area contributed by atoms with Gasteiger partial charge in [-0.15, -0.1) is 0 Å². The highest BCUT2D eigenvalue weighted by Crippen LogP contribution is 2.52. The molecule has 3 heteroatoms. The van der Waals surface area contributed by atoms with Crippen LogP contribution in [-0.2, 0) is 0 Å². The minimum atomic E-state index is 0.453.